The maximum absolute atomic E-state index is 13.4. The fraction of sp³-hybridized carbons (Fsp3) is 0.609. The van der Waals surface area contributed by atoms with Crippen LogP contribution in [0.5, 0.6) is 0 Å². The summed E-state index contributed by atoms with van der Waals surface area (Å²) in [6.45, 7) is 4.10. The number of carbonyl (C=O) groups is 3. The summed E-state index contributed by atoms with van der Waals surface area (Å²) in [6.07, 6.45) is 6.43. The van der Waals surface area contributed by atoms with Crippen molar-refractivity contribution in [2.75, 3.05) is 13.6 Å². The Morgan fingerprint density at radius 2 is 1.83 bits per heavy atom. The highest BCUT2D eigenvalue weighted by atomic mass is 16.2. The van der Waals surface area contributed by atoms with E-state index in [1.165, 1.54) is 0 Å². The van der Waals surface area contributed by atoms with Crippen molar-refractivity contribution in [1.82, 2.24) is 15.1 Å². The van der Waals surface area contributed by atoms with Crippen molar-refractivity contribution >= 4 is 17.8 Å². The van der Waals surface area contributed by atoms with Gasteiger partial charge in [-0.05, 0) is 43.6 Å². The van der Waals surface area contributed by atoms with Gasteiger partial charge in [0.2, 0.25) is 5.91 Å². The second kappa shape index (κ2) is 8.97. The van der Waals surface area contributed by atoms with Gasteiger partial charge in [0.25, 0.3) is 5.91 Å². The highest BCUT2D eigenvalue weighted by Gasteiger charge is 2.52. The first kappa shape index (κ1) is 21.3. The third-order valence-corrected chi connectivity index (χ3v) is 6.57. The number of unbranched alkanes of at least 4 members (excludes halogenated alkanes) is 1. The first-order chi connectivity index (χ1) is 13.9. The van der Waals surface area contributed by atoms with E-state index in [-0.39, 0.29) is 24.4 Å². The maximum Gasteiger partial charge on any atom is 0.325 e. The Labute approximate surface area is 173 Å². The van der Waals surface area contributed by atoms with E-state index in [1.807, 2.05) is 30.3 Å². The van der Waals surface area contributed by atoms with E-state index in [1.54, 1.807) is 11.9 Å². The summed E-state index contributed by atoms with van der Waals surface area (Å²) >= 11 is 0. The highest BCUT2D eigenvalue weighted by molar-refractivity contribution is 6.09. The standard InChI is InChI=1S/C23H33N3O3/c1-4-5-15-23(18-9-7-6-8-10-18)21(28)26(22(29)24-23)16-20(27)25(3)19-13-11-17(2)12-14-19/h6-10,17,19H,4-5,11-16H2,1-3H3,(H,24,29). The van der Waals surface area contributed by atoms with Gasteiger partial charge in [-0.1, -0.05) is 57.0 Å². The maximum atomic E-state index is 13.4. The van der Waals surface area contributed by atoms with Gasteiger partial charge in [0.15, 0.2) is 0 Å². The lowest BCUT2D eigenvalue weighted by atomic mass is 9.85. The average molecular weight is 400 g/mol. The summed E-state index contributed by atoms with van der Waals surface area (Å²) in [4.78, 5) is 41.9. The van der Waals surface area contributed by atoms with E-state index < -0.39 is 11.6 Å². The number of urea groups is 1. The number of nitrogens with one attached hydrogen (secondary N) is 1. The van der Waals surface area contributed by atoms with Gasteiger partial charge in [0.1, 0.15) is 12.1 Å². The average Bonchev–Trinajstić information content (AvgIpc) is 2.98. The van der Waals surface area contributed by atoms with Crippen LogP contribution in [0.3, 0.4) is 0 Å². The number of hydrogen-bond acceptors (Lipinski definition) is 3. The smallest absolute Gasteiger partial charge is 0.325 e. The van der Waals surface area contributed by atoms with Crippen LogP contribution < -0.4 is 5.32 Å². The van der Waals surface area contributed by atoms with Crippen molar-refractivity contribution in [2.24, 2.45) is 5.92 Å². The Bertz CT molecular complexity index is 743. The summed E-state index contributed by atoms with van der Waals surface area (Å²) < 4.78 is 0. The minimum absolute atomic E-state index is 0.174. The van der Waals surface area contributed by atoms with Crippen LogP contribution in [0.4, 0.5) is 4.79 Å². The number of benzene rings is 1. The predicted molar refractivity (Wildman–Crippen MR) is 112 cm³/mol. The molecule has 2 fully saturated rings. The zero-order valence-corrected chi connectivity index (χ0v) is 17.8. The van der Waals surface area contributed by atoms with Crippen LogP contribution in [-0.4, -0.2) is 47.3 Å². The molecular formula is C23H33N3O3. The lowest BCUT2D eigenvalue weighted by molar-refractivity contribution is -0.140. The number of amides is 4. The molecule has 1 aliphatic carbocycles. The molecule has 29 heavy (non-hydrogen) atoms. The van der Waals surface area contributed by atoms with E-state index in [4.69, 9.17) is 0 Å². The highest BCUT2D eigenvalue weighted by Crippen LogP contribution is 2.34. The summed E-state index contributed by atoms with van der Waals surface area (Å²) in [5, 5.41) is 2.91. The second-order valence-electron chi connectivity index (χ2n) is 8.61. The quantitative estimate of drug-likeness (QED) is 0.712. The van der Waals surface area contributed by atoms with Gasteiger partial charge >= 0.3 is 6.03 Å². The van der Waals surface area contributed by atoms with Crippen LogP contribution in [0.25, 0.3) is 0 Å². The van der Waals surface area contributed by atoms with Crippen LogP contribution >= 0.6 is 0 Å². The summed E-state index contributed by atoms with van der Waals surface area (Å²) in [6, 6.07) is 9.08. The van der Waals surface area contributed by atoms with Gasteiger partial charge in [-0.15, -0.1) is 0 Å². The summed E-state index contributed by atoms with van der Waals surface area (Å²) in [5.41, 5.74) is -0.301. The number of carbonyl (C=O) groups excluding carboxylic acids is 3. The zero-order valence-electron chi connectivity index (χ0n) is 17.8. The van der Waals surface area contributed by atoms with Crippen LogP contribution in [-0.2, 0) is 15.1 Å². The third-order valence-electron chi connectivity index (χ3n) is 6.57. The van der Waals surface area contributed by atoms with Gasteiger partial charge in [-0.3, -0.25) is 14.5 Å². The molecule has 1 N–H and O–H groups in total. The van der Waals surface area contributed by atoms with Crippen molar-refractivity contribution < 1.29 is 14.4 Å². The molecule has 158 valence electrons. The normalized spacial score (nSPS) is 27.1. The molecule has 1 heterocycles. The van der Waals surface area contributed by atoms with Gasteiger partial charge < -0.3 is 10.2 Å². The van der Waals surface area contributed by atoms with Crippen molar-refractivity contribution in [2.45, 2.75) is 70.4 Å². The van der Waals surface area contributed by atoms with E-state index in [0.717, 1.165) is 49.0 Å². The molecule has 3 rings (SSSR count). The topological polar surface area (TPSA) is 69.7 Å². The number of nitrogens with zero attached hydrogens (tertiary/aromatic N) is 2. The molecule has 0 aromatic heterocycles. The molecule has 1 aromatic rings. The second-order valence-corrected chi connectivity index (χ2v) is 8.61. The number of likely N-dealkylation sites (N-methyl/N-ethyl adjacent to an activating group) is 1. The molecule has 0 radical (unpaired) electrons. The molecule has 0 bridgehead atoms. The Kier molecular flexibility index (Phi) is 6.60. The van der Waals surface area contributed by atoms with E-state index >= 15 is 0 Å². The molecule has 1 unspecified atom stereocenters. The molecule has 6 heteroatoms. The van der Waals surface area contributed by atoms with Crippen LogP contribution in [0.2, 0.25) is 0 Å². The van der Waals surface area contributed by atoms with Crippen LogP contribution in [0.15, 0.2) is 30.3 Å². The Balaban J connectivity index is 1.75. The van der Waals surface area contributed by atoms with Gasteiger partial charge in [0, 0.05) is 13.1 Å². The van der Waals surface area contributed by atoms with E-state index in [0.29, 0.717) is 12.3 Å². The molecule has 1 saturated carbocycles. The molecule has 0 spiro atoms. The number of imide groups is 1. The number of hydrogen-bond donors (Lipinski definition) is 1. The van der Waals surface area contributed by atoms with Crippen molar-refractivity contribution in [1.29, 1.82) is 0 Å². The Morgan fingerprint density at radius 1 is 1.17 bits per heavy atom. The molecule has 4 amide bonds. The molecular weight excluding hydrogens is 366 g/mol. The van der Waals surface area contributed by atoms with Crippen LogP contribution in [0, 0.1) is 5.92 Å². The third kappa shape index (κ3) is 4.31. The lowest BCUT2D eigenvalue weighted by Gasteiger charge is -2.34. The van der Waals surface area contributed by atoms with Crippen molar-refractivity contribution in [3.63, 3.8) is 0 Å². The van der Waals surface area contributed by atoms with Crippen molar-refractivity contribution in [3.05, 3.63) is 35.9 Å². The van der Waals surface area contributed by atoms with E-state index in [2.05, 4.69) is 19.2 Å². The molecule has 1 aliphatic heterocycles. The molecule has 1 aromatic carbocycles. The summed E-state index contributed by atoms with van der Waals surface area (Å²) in [7, 11) is 1.79. The van der Waals surface area contributed by atoms with Gasteiger partial charge in [0.05, 0.1) is 0 Å². The minimum Gasteiger partial charge on any atom is -0.341 e. The van der Waals surface area contributed by atoms with E-state index in [9.17, 15) is 14.4 Å². The fourth-order valence-electron chi connectivity index (χ4n) is 4.52. The zero-order chi connectivity index (χ0) is 21.0. The molecule has 6 nitrogen and oxygen atoms in total. The minimum atomic E-state index is -1.08. The Morgan fingerprint density at radius 3 is 2.45 bits per heavy atom. The van der Waals surface area contributed by atoms with Gasteiger partial charge in [-0.2, -0.15) is 0 Å². The number of rotatable bonds is 7. The Hall–Kier alpha value is -2.37. The molecule has 2 aliphatic rings. The first-order valence-electron chi connectivity index (χ1n) is 10.8. The summed E-state index contributed by atoms with van der Waals surface area (Å²) in [5.74, 6) is 0.208. The molecule has 1 saturated heterocycles. The predicted octanol–water partition coefficient (Wildman–Crippen LogP) is 3.66. The fourth-order valence-corrected chi connectivity index (χ4v) is 4.52. The lowest BCUT2D eigenvalue weighted by Crippen LogP contribution is -2.47. The first-order valence-corrected chi connectivity index (χ1v) is 10.8. The largest absolute Gasteiger partial charge is 0.341 e. The van der Waals surface area contributed by atoms with Gasteiger partial charge in [-0.25, -0.2) is 4.79 Å². The van der Waals surface area contributed by atoms with Crippen molar-refractivity contribution in [3.8, 4) is 0 Å². The van der Waals surface area contributed by atoms with Crippen LogP contribution in [0.1, 0.15) is 64.4 Å². The molecule has 1 atom stereocenters. The SMILES string of the molecule is CCCCC1(c2ccccc2)NC(=O)N(CC(=O)N(C)C2CCC(C)CC2)C1=O. The monoisotopic (exact) mass is 399 g/mol.